The third-order valence-electron chi connectivity index (χ3n) is 5.78. The second kappa shape index (κ2) is 8.32. The monoisotopic (exact) mass is 443 g/mol. The van der Waals surface area contributed by atoms with E-state index in [1.807, 2.05) is 32.0 Å². The molecule has 9 heteroatoms. The molecule has 0 aromatic heterocycles. The summed E-state index contributed by atoms with van der Waals surface area (Å²) in [5.41, 5.74) is 3.16. The zero-order chi connectivity index (χ0) is 22.2. The topological polar surface area (TPSA) is 105 Å². The standard InChI is InChI=1S/C22H25N3O5S/c1-14-4-3-5-15(2)21(14)24-22(27)16-8-10-25(11-9-16)31(28,29)17-6-7-19-18(12-17)23-20(26)13-30-19/h3-7,12,16H,8-11,13H2,1-2H3,(H,23,26)(H,24,27). The number of ether oxygens (including phenoxy) is 1. The molecule has 0 radical (unpaired) electrons. The average Bonchev–Trinajstić information content (AvgIpc) is 2.75. The number of aryl methyl sites for hydroxylation is 2. The number of sulfonamides is 1. The summed E-state index contributed by atoms with van der Waals surface area (Å²) in [4.78, 5) is 24.4. The fourth-order valence-electron chi connectivity index (χ4n) is 3.97. The molecule has 2 amide bonds. The van der Waals surface area contributed by atoms with Crippen LogP contribution < -0.4 is 15.4 Å². The lowest BCUT2D eigenvalue weighted by Gasteiger charge is -2.31. The molecule has 0 bridgehead atoms. The first-order valence-corrected chi connectivity index (χ1v) is 11.6. The van der Waals surface area contributed by atoms with Crippen LogP contribution in [-0.4, -0.2) is 44.2 Å². The number of rotatable bonds is 4. The molecule has 2 aromatic rings. The van der Waals surface area contributed by atoms with Gasteiger partial charge in [0.25, 0.3) is 5.91 Å². The summed E-state index contributed by atoms with van der Waals surface area (Å²) in [5, 5.41) is 5.64. The van der Waals surface area contributed by atoms with Crippen LogP contribution in [0.1, 0.15) is 24.0 Å². The van der Waals surface area contributed by atoms with E-state index in [9.17, 15) is 18.0 Å². The summed E-state index contributed by atoms with van der Waals surface area (Å²) >= 11 is 0. The van der Waals surface area contributed by atoms with E-state index in [-0.39, 0.29) is 42.3 Å². The molecule has 0 atom stereocenters. The van der Waals surface area contributed by atoms with E-state index in [1.54, 1.807) is 6.07 Å². The number of fused-ring (bicyclic) bond motifs is 1. The fourth-order valence-corrected chi connectivity index (χ4v) is 5.46. The van der Waals surface area contributed by atoms with Crippen LogP contribution in [0.2, 0.25) is 0 Å². The Bertz CT molecular complexity index is 1120. The van der Waals surface area contributed by atoms with Crippen molar-refractivity contribution in [3.63, 3.8) is 0 Å². The van der Waals surface area contributed by atoms with Crippen molar-refractivity contribution < 1.29 is 22.7 Å². The van der Waals surface area contributed by atoms with E-state index in [4.69, 9.17) is 4.74 Å². The van der Waals surface area contributed by atoms with Gasteiger partial charge in [0.15, 0.2) is 6.61 Å². The van der Waals surface area contributed by atoms with Crippen LogP contribution in [0.3, 0.4) is 0 Å². The van der Waals surface area contributed by atoms with Crippen LogP contribution in [0.5, 0.6) is 5.75 Å². The Labute approximate surface area is 181 Å². The van der Waals surface area contributed by atoms with Gasteiger partial charge in [0, 0.05) is 24.7 Å². The minimum atomic E-state index is -3.74. The first kappa shape index (κ1) is 21.3. The summed E-state index contributed by atoms with van der Waals surface area (Å²) < 4.78 is 32.8. The van der Waals surface area contributed by atoms with Gasteiger partial charge in [-0.15, -0.1) is 0 Å². The molecule has 0 saturated carbocycles. The minimum Gasteiger partial charge on any atom is -0.482 e. The van der Waals surface area contributed by atoms with Crippen LogP contribution in [0.15, 0.2) is 41.3 Å². The lowest BCUT2D eigenvalue weighted by atomic mass is 9.96. The number of nitrogens with zero attached hydrogens (tertiary/aromatic N) is 1. The zero-order valence-electron chi connectivity index (χ0n) is 17.5. The SMILES string of the molecule is Cc1cccc(C)c1NC(=O)C1CCN(S(=O)(=O)c2ccc3c(c2)NC(=O)CO3)CC1. The summed E-state index contributed by atoms with van der Waals surface area (Å²) in [6.45, 7) is 4.32. The van der Waals surface area contributed by atoms with E-state index in [0.717, 1.165) is 16.8 Å². The van der Waals surface area contributed by atoms with E-state index in [1.165, 1.54) is 16.4 Å². The van der Waals surface area contributed by atoms with Crippen molar-refractivity contribution in [3.8, 4) is 5.75 Å². The first-order chi connectivity index (χ1) is 14.8. The third kappa shape index (κ3) is 4.28. The van der Waals surface area contributed by atoms with Gasteiger partial charge in [-0.05, 0) is 56.0 Å². The maximum atomic E-state index is 13.1. The predicted octanol–water partition coefficient (Wildman–Crippen LogP) is 2.67. The quantitative estimate of drug-likeness (QED) is 0.756. The number of amides is 2. The lowest BCUT2D eigenvalue weighted by Crippen LogP contribution is -2.41. The van der Waals surface area contributed by atoms with Crippen molar-refractivity contribution >= 4 is 33.2 Å². The summed E-state index contributed by atoms with van der Waals surface area (Å²) in [7, 11) is -3.74. The largest absolute Gasteiger partial charge is 0.482 e. The van der Waals surface area contributed by atoms with Gasteiger partial charge in [0.05, 0.1) is 10.6 Å². The number of anilines is 2. The van der Waals surface area contributed by atoms with Crippen LogP contribution in [-0.2, 0) is 19.6 Å². The Morgan fingerprint density at radius 3 is 2.48 bits per heavy atom. The molecule has 31 heavy (non-hydrogen) atoms. The van der Waals surface area contributed by atoms with Gasteiger partial charge in [-0.1, -0.05) is 18.2 Å². The predicted molar refractivity (Wildman–Crippen MR) is 117 cm³/mol. The highest BCUT2D eigenvalue weighted by Gasteiger charge is 2.33. The third-order valence-corrected chi connectivity index (χ3v) is 7.67. The average molecular weight is 444 g/mol. The Morgan fingerprint density at radius 2 is 1.81 bits per heavy atom. The van der Waals surface area contributed by atoms with Crippen molar-refractivity contribution in [2.24, 2.45) is 5.92 Å². The molecule has 164 valence electrons. The van der Waals surface area contributed by atoms with Gasteiger partial charge >= 0.3 is 0 Å². The molecule has 1 saturated heterocycles. The summed E-state index contributed by atoms with van der Waals surface area (Å²) in [5.74, 6) is -0.206. The number of nitrogens with one attached hydrogen (secondary N) is 2. The number of carbonyl (C=O) groups excluding carboxylic acids is 2. The Morgan fingerprint density at radius 1 is 1.13 bits per heavy atom. The van der Waals surface area contributed by atoms with Gasteiger partial charge < -0.3 is 15.4 Å². The fraction of sp³-hybridized carbons (Fsp3) is 0.364. The lowest BCUT2D eigenvalue weighted by molar-refractivity contribution is -0.121. The highest BCUT2D eigenvalue weighted by Crippen LogP contribution is 2.32. The molecule has 1 fully saturated rings. The molecule has 2 aliphatic rings. The van der Waals surface area contributed by atoms with Crippen LogP contribution in [0.25, 0.3) is 0 Å². The van der Waals surface area contributed by atoms with Crippen molar-refractivity contribution in [2.45, 2.75) is 31.6 Å². The molecule has 0 unspecified atom stereocenters. The number of hydrogen-bond acceptors (Lipinski definition) is 5. The minimum absolute atomic E-state index is 0.0805. The highest BCUT2D eigenvalue weighted by atomic mass is 32.2. The van der Waals surface area contributed by atoms with Gasteiger partial charge in [-0.3, -0.25) is 9.59 Å². The number of para-hydroxylation sites is 1. The normalized spacial score (nSPS) is 17.4. The first-order valence-electron chi connectivity index (χ1n) is 10.2. The molecular formula is C22H25N3O5S. The van der Waals surface area contributed by atoms with Gasteiger partial charge in [0.1, 0.15) is 5.75 Å². The highest BCUT2D eigenvalue weighted by molar-refractivity contribution is 7.89. The number of hydrogen-bond donors (Lipinski definition) is 2. The molecular weight excluding hydrogens is 418 g/mol. The Kier molecular flexibility index (Phi) is 5.72. The number of carbonyl (C=O) groups is 2. The van der Waals surface area contributed by atoms with E-state index < -0.39 is 10.0 Å². The van der Waals surface area contributed by atoms with E-state index in [2.05, 4.69) is 10.6 Å². The Hall–Kier alpha value is -2.91. The molecule has 4 rings (SSSR count). The van der Waals surface area contributed by atoms with Crippen LogP contribution in [0.4, 0.5) is 11.4 Å². The van der Waals surface area contributed by atoms with Crippen molar-refractivity contribution in [2.75, 3.05) is 30.3 Å². The van der Waals surface area contributed by atoms with E-state index in [0.29, 0.717) is 24.3 Å². The number of benzene rings is 2. The van der Waals surface area contributed by atoms with Crippen LogP contribution >= 0.6 is 0 Å². The smallest absolute Gasteiger partial charge is 0.262 e. The molecule has 8 nitrogen and oxygen atoms in total. The molecule has 0 spiro atoms. The van der Waals surface area contributed by atoms with Crippen molar-refractivity contribution in [3.05, 3.63) is 47.5 Å². The van der Waals surface area contributed by atoms with Crippen molar-refractivity contribution in [1.82, 2.24) is 4.31 Å². The van der Waals surface area contributed by atoms with E-state index >= 15 is 0 Å². The molecule has 2 heterocycles. The second-order valence-electron chi connectivity index (χ2n) is 7.93. The molecule has 2 aliphatic heterocycles. The maximum absolute atomic E-state index is 13.1. The Balaban J connectivity index is 1.43. The number of piperidine rings is 1. The molecule has 2 N–H and O–H groups in total. The molecule has 0 aliphatic carbocycles. The molecule has 2 aromatic carbocycles. The van der Waals surface area contributed by atoms with Gasteiger partial charge in [-0.2, -0.15) is 4.31 Å². The van der Waals surface area contributed by atoms with Gasteiger partial charge in [-0.25, -0.2) is 8.42 Å². The summed E-state index contributed by atoms with van der Waals surface area (Å²) in [6.07, 6.45) is 0.890. The maximum Gasteiger partial charge on any atom is 0.262 e. The summed E-state index contributed by atoms with van der Waals surface area (Å²) in [6, 6.07) is 10.3. The second-order valence-corrected chi connectivity index (χ2v) is 9.87. The zero-order valence-corrected chi connectivity index (χ0v) is 18.3. The van der Waals surface area contributed by atoms with Gasteiger partial charge in [0.2, 0.25) is 15.9 Å². The van der Waals surface area contributed by atoms with Crippen LogP contribution in [0, 0.1) is 19.8 Å². The van der Waals surface area contributed by atoms with Crippen molar-refractivity contribution in [1.29, 1.82) is 0 Å².